The Labute approximate surface area is 84.5 Å². The fourth-order valence-corrected chi connectivity index (χ4v) is 1.89. The molecule has 0 bridgehead atoms. The lowest BCUT2D eigenvalue weighted by Crippen LogP contribution is -1.97. The van der Waals surface area contributed by atoms with Crippen LogP contribution in [0.1, 0.15) is 38.5 Å². The van der Waals surface area contributed by atoms with Gasteiger partial charge in [0, 0.05) is 11.2 Å². The Hall–Kier alpha value is -1.12. The predicted molar refractivity (Wildman–Crippen MR) is 54.1 cm³/mol. The molecule has 0 aromatic heterocycles. The molecular formula is C11H15N2O. The van der Waals surface area contributed by atoms with Crippen molar-refractivity contribution >= 4 is 0 Å². The van der Waals surface area contributed by atoms with Gasteiger partial charge in [0.1, 0.15) is 6.26 Å². The smallest absolute Gasteiger partial charge is 0.124 e. The summed E-state index contributed by atoms with van der Waals surface area (Å²) in [6.45, 7) is 0. The zero-order valence-electron chi connectivity index (χ0n) is 8.28. The maximum Gasteiger partial charge on any atom is 0.124 e. The highest BCUT2D eigenvalue weighted by Crippen LogP contribution is 2.31. The Morgan fingerprint density at radius 1 is 1.07 bits per heavy atom. The molecule has 3 nitrogen and oxygen atoms in total. The fourth-order valence-electron chi connectivity index (χ4n) is 1.89. The van der Waals surface area contributed by atoms with Crippen LogP contribution >= 0.6 is 0 Å². The van der Waals surface area contributed by atoms with Gasteiger partial charge in [-0.25, -0.2) is 0 Å². The van der Waals surface area contributed by atoms with Crippen molar-refractivity contribution in [3.8, 4) is 0 Å². The van der Waals surface area contributed by atoms with Crippen molar-refractivity contribution in [1.82, 2.24) is 0 Å². The van der Waals surface area contributed by atoms with E-state index in [9.17, 15) is 0 Å². The molecule has 0 amide bonds. The molecule has 1 aliphatic carbocycles. The minimum absolute atomic E-state index is 1.00. The monoisotopic (exact) mass is 191 g/mol. The lowest BCUT2D eigenvalue weighted by Gasteiger charge is -2.11. The molecular weight excluding hydrogens is 176 g/mol. The summed E-state index contributed by atoms with van der Waals surface area (Å²) in [5.74, 6) is 1.43. The van der Waals surface area contributed by atoms with E-state index in [0.717, 1.165) is 5.70 Å². The number of hydrogen-bond acceptors (Lipinski definition) is 3. The number of nitrogens with zero attached hydrogens (tertiary/aromatic N) is 2. The van der Waals surface area contributed by atoms with Gasteiger partial charge in [0.2, 0.25) is 0 Å². The SMILES string of the molecule is C1=CON=NC([C]2CCCCCC2)=C1. The average Bonchev–Trinajstić information content (AvgIpc) is 2.62. The minimum Gasteiger partial charge on any atom is -0.347 e. The van der Waals surface area contributed by atoms with Crippen LogP contribution < -0.4 is 0 Å². The second-order valence-electron chi connectivity index (χ2n) is 3.69. The summed E-state index contributed by atoms with van der Waals surface area (Å²) in [5, 5.41) is 7.66. The van der Waals surface area contributed by atoms with Gasteiger partial charge in [0.25, 0.3) is 0 Å². The van der Waals surface area contributed by atoms with Crippen LogP contribution in [-0.2, 0) is 4.84 Å². The molecule has 0 saturated heterocycles. The number of hydrogen-bond donors (Lipinski definition) is 0. The molecule has 1 aliphatic heterocycles. The molecule has 0 atom stereocenters. The molecule has 0 N–H and O–H groups in total. The first-order chi connectivity index (χ1) is 6.97. The van der Waals surface area contributed by atoms with Crippen molar-refractivity contribution in [1.29, 1.82) is 0 Å². The van der Waals surface area contributed by atoms with Gasteiger partial charge in [-0.05, 0) is 25.0 Å². The molecule has 0 spiro atoms. The number of allylic oxidation sites excluding steroid dienone is 3. The van der Waals surface area contributed by atoms with Gasteiger partial charge in [0.05, 0.1) is 5.70 Å². The summed E-state index contributed by atoms with van der Waals surface area (Å²) in [4.78, 5) is 4.76. The van der Waals surface area contributed by atoms with E-state index in [-0.39, 0.29) is 0 Å². The van der Waals surface area contributed by atoms with Crippen LogP contribution in [-0.4, -0.2) is 0 Å². The van der Waals surface area contributed by atoms with Crippen molar-refractivity contribution < 1.29 is 4.84 Å². The Kier molecular flexibility index (Phi) is 3.33. The summed E-state index contributed by atoms with van der Waals surface area (Å²) in [6, 6.07) is 0. The van der Waals surface area contributed by atoms with E-state index in [4.69, 9.17) is 4.84 Å². The van der Waals surface area contributed by atoms with Crippen LogP contribution in [0.5, 0.6) is 0 Å². The van der Waals surface area contributed by atoms with Crippen molar-refractivity contribution in [2.24, 2.45) is 10.4 Å². The van der Waals surface area contributed by atoms with Crippen LogP contribution in [0.25, 0.3) is 0 Å². The largest absolute Gasteiger partial charge is 0.347 e. The van der Waals surface area contributed by atoms with Gasteiger partial charge < -0.3 is 4.84 Å². The lowest BCUT2D eigenvalue weighted by atomic mass is 9.96. The van der Waals surface area contributed by atoms with Gasteiger partial charge in [-0.15, -0.1) is 5.11 Å². The van der Waals surface area contributed by atoms with Crippen molar-refractivity contribution in [2.45, 2.75) is 38.5 Å². The Bertz CT molecular complexity index is 260. The van der Waals surface area contributed by atoms with E-state index < -0.39 is 0 Å². The molecule has 1 heterocycles. The van der Waals surface area contributed by atoms with Crippen molar-refractivity contribution in [3.63, 3.8) is 0 Å². The third-order valence-corrected chi connectivity index (χ3v) is 2.66. The van der Waals surface area contributed by atoms with E-state index in [1.807, 2.05) is 12.2 Å². The second kappa shape index (κ2) is 4.94. The van der Waals surface area contributed by atoms with Gasteiger partial charge in [-0.2, -0.15) is 0 Å². The maximum atomic E-state index is 4.76. The first-order valence-corrected chi connectivity index (χ1v) is 5.25. The van der Waals surface area contributed by atoms with Gasteiger partial charge in [-0.3, -0.25) is 0 Å². The van der Waals surface area contributed by atoms with Gasteiger partial charge >= 0.3 is 0 Å². The van der Waals surface area contributed by atoms with Crippen molar-refractivity contribution in [2.75, 3.05) is 0 Å². The zero-order valence-corrected chi connectivity index (χ0v) is 8.28. The van der Waals surface area contributed by atoms with Crippen LogP contribution in [0, 0.1) is 5.92 Å². The second-order valence-corrected chi connectivity index (χ2v) is 3.69. The molecule has 1 radical (unpaired) electrons. The van der Waals surface area contributed by atoms with Crippen LogP contribution in [0.15, 0.2) is 34.5 Å². The number of rotatable bonds is 1. The lowest BCUT2D eigenvalue weighted by molar-refractivity contribution is 0.242. The highest BCUT2D eigenvalue weighted by Gasteiger charge is 2.17. The Morgan fingerprint density at radius 2 is 1.86 bits per heavy atom. The normalized spacial score (nSPS) is 23.6. The predicted octanol–water partition coefficient (Wildman–Crippen LogP) is 3.71. The molecule has 0 unspecified atom stereocenters. The first-order valence-electron chi connectivity index (χ1n) is 5.25. The fraction of sp³-hybridized carbons (Fsp3) is 0.545. The topological polar surface area (TPSA) is 34.0 Å². The van der Waals surface area contributed by atoms with Gasteiger partial charge in [-0.1, -0.05) is 25.7 Å². The quantitative estimate of drug-likeness (QED) is 0.582. The third-order valence-electron chi connectivity index (χ3n) is 2.66. The van der Waals surface area contributed by atoms with E-state index in [1.54, 1.807) is 6.26 Å². The molecule has 1 saturated carbocycles. The molecule has 75 valence electrons. The van der Waals surface area contributed by atoms with Crippen molar-refractivity contribution in [3.05, 3.63) is 30.0 Å². The van der Waals surface area contributed by atoms with E-state index >= 15 is 0 Å². The van der Waals surface area contributed by atoms with Gasteiger partial charge in [0.15, 0.2) is 0 Å². The maximum absolute atomic E-state index is 4.76. The molecule has 2 aliphatic rings. The summed E-state index contributed by atoms with van der Waals surface area (Å²) in [6.07, 6.45) is 13.0. The molecule has 14 heavy (non-hydrogen) atoms. The summed E-state index contributed by atoms with van der Waals surface area (Å²) >= 11 is 0. The summed E-state index contributed by atoms with van der Waals surface area (Å²) in [7, 11) is 0. The average molecular weight is 191 g/mol. The summed E-state index contributed by atoms with van der Waals surface area (Å²) < 4.78 is 0. The molecule has 0 aromatic rings. The van der Waals surface area contributed by atoms with Crippen LogP contribution in [0.4, 0.5) is 0 Å². The highest BCUT2D eigenvalue weighted by molar-refractivity contribution is 5.26. The molecule has 0 aromatic carbocycles. The standard InChI is InChI=1S/C11H15N2O/c1-2-4-7-10(6-3-1)11-8-5-9-14-13-12-11/h5,8-9H,1-4,6-7H2. The minimum atomic E-state index is 1.00. The van der Waals surface area contributed by atoms with E-state index in [2.05, 4.69) is 10.4 Å². The van der Waals surface area contributed by atoms with Crippen LogP contribution in [0.3, 0.4) is 0 Å². The molecule has 2 rings (SSSR count). The Morgan fingerprint density at radius 3 is 2.64 bits per heavy atom. The zero-order chi connectivity index (χ0) is 9.64. The van der Waals surface area contributed by atoms with E-state index in [1.165, 1.54) is 44.4 Å². The first kappa shape index (κ1) is 9.44. The summed E-state index contributed by atoms with van der Waals surface area (Å²) in [5.41, 5.74) is 1.00. The van der Waals surface area contributed by atoms with Crippen LogP contribution in [0.2, 0.25) is 0 Å². The molecule has 1 fully saturated rings. The highest BCUT2D eigenvalue weighted by atomic mass is 16.6. The third kappa shape index (κ3) is 2.44. The molecule has 3 heteroatoms. The Balaban J connectivity index is 2.04. The van der Waals surface area contributed by atoms with E-state index in [0.29, 0.717) is 0 Å².